The van der Waals surface area contributed by atoms with E-state index >= 15 is 0 Å². The topological polar surface area (TPSA) is 171 Å². The van der Waals surface area contributed by atoms with E-state index in [1.54, 1.807) is 44.1 Å². The number of nitrogens with zero attached hydrogens (tertiary/aromatic N) is 6. The van der Waals surface area contributed by atoms with Crippen LogP contribution in [0, 0.1) is 0 Å². The van der Waals surface area contributed by atoms with Crippen molar-refractivity contribution < 1.29 is 28.5 Å². The molecule has 6 aromatic rings. The van der Waals surface area contributed by atoms with Crippen molar-refractivity contribution in [2.75, 3.05) is 26.2 Å². The van der Waals surface area contributed by atoms with Gasteiger partial charge in [0, 0.05) is 86.9 Å². The Morgan fingerprint density at radius 1 is 0.894 bits per heavy atom. The zero-order chi connectivity index (χ0) is 46.0. The SMILES string of the molecule is CC(C)OC(=O)[C@H](C)NP(=O)(Cc1ccc2sc(C(=O)N[C@H]3CN(Cc4ccn5ccnc5c4)CC[C@H]4CC[C@@H](C(=O)N5CC(c6cccnc6)C5)N4C3=O)cc2c1)NCc1ccccc1. The Kier molecular flexibility index (Phi) is 13.5. The van der Waals surface area contributed by atoms with Gasteiger partial charge in [0.25, 0.3) is 5.91 Å². The molecule has 0 spiro atoms. The van der Waals surface area contributed by atoms with E-state index < -0.39 is 31.5 Å². The number of hydrogen-bond donors (Lipinski definition) is 3. The number of carbonyl (C=O) groups excluding carboxylic acids is 4. The first-order valence-electron chi connectivity index (χ1n) is 22.7. The van der Waals surface area contributed by atoms with Crippen molar-refractivity contribution in [1.82, 2.24) is 44.6 Å². The first-order chi connectivity index (χ1) is 31.9. The van der Waals surface area contributed by atoms with Crippen molar-refractivity contribution in [1.29, 1.82) is 0 Å². The zero-order valence-corrected chi connectivity index (χ0v) is 39.1. The van der Waals surface area contributed by atoms with Crippen LogP contribution >= 0.6 is 18.8 Å². The van der Waals surface area contributed by atoms with Crippen molar-refractivity contribution >= 4 is 58.2 Å². The fourth-order valence-corrected chi connectivity index (χ4v) is 12.5. The molecule has 0 bridgehead atoms. The summed E-state index contributed by atoms with van der Waals surface area (Å²) in [5, 5.41) is 10.2. The number of benzene rings is 2. The lowest BCUT2D eigenvalue weighted by Gasteiger charge is -2.44. The molecule has 3 amide bonds. The molecule has 0 saturated carbocycles. The lowest BCUT2D eigenvalue weighted by Crippen LogP contribution is -2.62. The van der Waals surface area contributed by atoms with Gasteiger partial charge in [0.1, 0.15) is 23.8 Å². The number of pyridine rings is 2. The third-order valence-electron chi connectivity index (χ3n) is 12.8. The number of carbonyl (C=O) groups is 4. The van der Waals surface area contributed by atoms with E-state index in [2.05, 4.69) is 30.4 Å². The number of imidazole rings is 1. The summed E-state index contributed by atoms with van der Waals surface area (Å²) in [6.07, 6.45) is 11.0. The minimum atomic E-state index is -3.43. The van der Waals surface area contributed by atoms with Gasteiger partial charge in [-0.1, -0.05) is 42.5 Å². The molecule has 9 rings (SSSR count). The Morgan fingerprint density at radius 3 is 2.52 bits per heavy atom. The predicted octanol–water partition coefficient (Wildman–Crippen LogP) is 6.35. The molecule has 66 heavy (non-hydrogen) atoms. The molecule has 2 aromatic carbocycles. The van der Waals surface area contributed by atoms with Crippen molar-refractivity contribution in [3.05, 3.63) is 137 Å². The molecule has 3 aliphatic heterocycles. The lowest BCUT2D eigenvalue weighted by molar-refractivity contribution is -0.150. The van der Waals surface area contributed by atoms with Crippen molar-refractivity contribution in [2.45, 2.75) is 95.5 Å². The molecule has 344 valence electrons. The van der Waals surface area contributed by atoms with Gasteiger partial charge < -0.3 is 24.3 Å². The maximum atomic E-state index is 14.9. The number of nitrogens with one attached hydrogen (secondary N) is 3. The van der Waals surface area contributed by atoms with E-state index in [-0.39, 0.29) is 48.5 Å². The van der Waals surface area contributed by atoms with Crippen LogP contribution in [0.25, 0.3) is 15.7 Å². The van der Waals surface area contributed by atoms with Gasteiger partial charge >= 0.3 is 5.97 Å². The third-order valence-corrected chi connectivity index (χ3v) is 16.2. The maximum absolute atomic E-state index is 14.9. The second-order valence-electron chi connectivity index (χ2n) is 18.0. The number of aromatic nitrogens is 3. The van der Waals surface area contributed by atoms with Gasteiger partial charge in [-0.25, -0.2) is 10.1 Å². The summed E-state index contributed by atoms with van der Waals surface area (Å²) < 4.78 is 22.8. The molecule has 1 unspecified atom stereocenters. The minimum Gasteiger partial charge on any atom is -0.462 e. The van der Waals surface area contributed by atoms with E-state index in [9.17, 15) is 23.7 Å². The normalized spacial score (nSPS) is 20.7. The Hall–Kier alpha value is -5.77. The first kappa shape index (κ1) is 45.4. The number of hydrogen-bond acceptors (Lipinski definition) is 10. The summed E-state index contributed by atoms with van der Waals surface area (Å²) in [7, 11) is -3.43. The molecule has 0 aliphatic carbocycles. The smallest absolute Gasteiger partial charge is 0.323 e. The fourth-order valence-electron chi connectivity index (χ4n) is 9.39. The summed E-state index contributed by atoms with van der Waals surface area (Å²) in [4.78, 5) is 71.2. The lowest BCUT2D eigenvalue weighted by atomic mass is 9.92. The van der Waals surface area contributed by atoms with Gasteiger partial charge in [0.2, 0.25) is 19.3 Å². The molecule has 7 heterocycles. The molecular formula is C49H56N9O6PS. The van der Waals surface area contributed by atoms with Crippen LogP contribution in [0.4, 0.5) is 0 Å². The van der Waals surface area contributed by atoms with Crippen LogP contribution < -0.4 is 15.5 Å². The maximum Gasteiger partial charge on any atom is 0.323 e. The molecule has 15 nitrogen and oxygen atoms in total. The predicted molar refractivity (Wildman–Crippen MR) is 254 cm³/mol. The first-order valence-corrected chi connectivity index (χ1v) is 25.4. The highest BCUT2D eigenvalue weighted by molar-refractivity contribution is 7.59. The highest BCUT2D eigenvalue weighted by Crippen LogP contribution is 2.43. The molecule has 3 saturated heterocycles. The highest BCUT2D eigenvalue weighted by Gasteiger charge is 2.48. The zero-order valence-electron chi connectivity index (χ0n) is 37.4. The van der Waals surface area contributed by atoms with E-state index in [0.29, 0.717) is 56.9 Å². The molecule has 3 fully saturated rings. The second kappa shape index (κ2) is 19.6. The Labute approximate surface area is 388 Å². The Morgan fingerprint density at radius 2 is 1.73 bits per heavy atom. The third kappa shape index (κ3) is 10.3. The molecule has 4 aromatic heterocycles. The van der Waals surface area contributed by atoms with E-state index in [1.807, 2.05) is 101 Å². The summed E-state index contributed by atoms with van der Waals surface area (Å²) in [6, 6.07) is 22.7. The van der Waals surface area contributed by atoms with Crippen LogP contribution in [0.3, 0.4) is 0 Å². The van der Waals surface area contributed by atoms with E-state index in [4.69, 9.17) is 4.74 Å². The van der Waals surface area contributed by atoms with E-state index in [1.165, 1.54) is 11.3 Å². The van der Waals surface area contributed by atoms with Gasteiger partial charge in [-0.2, -0.15) is 0 Å². The number of ether oxygens (including phenoxy) is 1. The number of thiophene rings is 1. The molecule has 5 atom stereocenters. The Bertz CT molecular complexity index is 2760. The number of esters is 1. The average Bonchev–Trinajstić information content (AvgIpc) is 4.05. The average molecular weight is 930 g/mol. The largest absolute Gasteiger partial charge is 0.462 e. The van der Waals surface area contributed by atoms with Crippen LogP contribution in [-0.2, 0) is 42.9 Å². The standard InChI is InChI=1S/C49H56N9O6PS/c1-32(2)64-49(62)33(3)54-65(63,52-25-34-8-5-4-6-9-34)31-36-11-14-43-38(22-36)24-44(66-43)46(59)53-41-30-55(27-35-15-20-56-21-18-51-45(56)23-35)19-16-40-12-13-42(58(40)47(41)60)48(61)57-28-39(29-57)37-10-7-17-50-26-37/h4-11,14-15,17-18,20-24,26,32-33,39-42H,12-13,16,19,25,27-31H2,1-3H3,(H,53,59)(H2,52,54,63)/t33-,40+,41-,42-,65?/m0/s1. The van der Waals surface area contributed by atoms with E-state index in [0.717, 1.165) is 38.0 Å². The minimum absolute atomic E-state index is 0.0400. The number of fused-ring (bicyclic) bond motifs is 3. The van der Waals surface area contributed by atoms with Gasteiger partial charge in [-0.15, -0.1) is 11.3 Å². The number of amides is 3. The summed E-state index contributed by atoms with van der Waals surface area (Å²) in [5.41, 5.74) is 4.66. The summed E-state index contributed by atoms with van der Waals surface area (Å²) in [5.74, 6) is -0.954. The van der Waals surface area contributed by atoms with Crippen LogP contribution in [-0.4, -0.2) is 109 Å². The number of likely N-dealkylation sites (tertiary alicyclic amines) is 1. The Balaban J connectivity index is 0.937. The van der Waals surface area contributed by atoms with Gasteiger partial charge in [-0.05, 0) is 104 Å². The van der Waals surface area contributed by atoms with Crippen molar-refractivity contribution in [2.24, 2.45) is 0 Å². The summed E-state index contributed by atoms with van der Waals surface area (Å²) >= 11 is 1.32. The molecule has 17 heteroatoms. The van der Waals surface area contributed by atoms with Crippen molar-refractivity contribution in [3.8, 4) is 0 Å². The van der Waals surface area contributed by atoms with Gasteiger partial charge in [0.05, 0.1) is 17.1 Å². The van der Waals surface area contributed by atoms with Crippen LogP contribution in [0.5, 0.6) is 0 Å². The molecule has 3 aliphatic rings. The van der Waals surface area contributed by atoms with Gasteiger partial charge in [-0.3, -0.25) is 38.7 Å². The monoisotopic (exact) mass is 929 g/mol. The fraction of sp³-hybridized carbons (Fsp3) is 0.388. The van der Waals surface area contributed by atoms with Gasteiger partial charge in [0.15, 0.2) is 0 Å². The van der Waals surface area contributed by atoms with Crippen molar-refractivity contribution in [3.63, 3.8) is 0 Å². The molecule has 0 radical (unpaired) electrons. The quantitative estimate of drug-likeness (QED) is 0.0776. The highest BCUT2D eigenvalue weighted by atomic mass is 32.1. The number of rotatable bonds is 15. The molecular weight excluding hydrogens is 874 g/mol. The summed E-state index contributed by atoms with van der Waals surface area (Å²) in [6.45, 7) is 8.16. The molecule has 3 N–H and O–H groups in total. The van der Waals surface area contributed by atoms with Crippen LogP contribution in [0.15, 0.2) is 110 Å². The van der Waals surface area contributed by atoms with Crippen LogP contribution in [0.2, 0.25) is 0 Å². The van der Waals surface area contributed by atoms with Crippen LogP contribution in [0.1, 0.15) is 77.9 Å². The second-order valence-corrected chi connectivity index (χ2v) is 21.5.